The highest BCUT2D eigenvalue weighted by Crippen LogP contribution is 2.33. The van der Waals surface area contributed by atoms with E-state index in [1.807, 2.05) is 18.4 Å². The molecule has 0 amide bonds. The maximum absolute atomic E-state index is 5.62. The number of nitrogens with zero attached hydrogens (tertiary/aromatic N) is 3. The molecule has 1 aromatic rings. The fraction of sp³-hybridized carbons (Fsp3) is 0.792. The lowest BCUT2D eigenvalue weighted by Crippen LogP contribution is -2.60. The van der Waals surface area contributed by atoms with Crippen LogP contribution in [0.5, 0.6) is 0 Å². The summed E-state index contributed by atoms with van der Waals surface area (Å²) in [7, 11) is 1.90. The third-order valence-electron chi connectivity index (χ3n) is 7.50. The van der Waals surface area contributed by atoms with E-state index in [0.29, 0.717) is 0 Å². The Morgan fingerprint density at radius 2 is 1.90 bits per heavy atom. The highest BCUT2D eigenvalue weighted by molar-refractivity contribution is 7.09. The van der Waals surface area contributed by atoms with Gasteiger partial charge in [0.25, 0.3) is 0 Å². The molecule has 2 aliphatic heterocycles. The first-order chi connectivity index (χ1) is 15.3. The largest absolute Gasteiger partial charge is 0.379 e. The fourth-order valence-electron chi connectivity index (χ4n) is 5.53. The van der Waals surface area contributed by atoms with E-state index in [1.165, 1.54) is 62.9 Å². The normalized spacial score (nSPS) is 24.2. The second-order valence-corrected chi connectivity index (χ2v) is 10.5. The number of rotatable bonds is 7. The van der Waals surface area contributed by atoms with Crippen LogP contribution in [-0.2, 0) is 11.3 Å². The van der Waals surface area contributed by atoms with Crippen LogP contribution in [-0.4, -0.2) is 80.8 Å². The van der Waals surface area contributed by atoms with Crippen LogP contribution in [0.15, 0.2) is 22.5 Å². The number of likely N-dealkylation sites (tertiary alicyclic amines) is 1. The molecule has 4 rings (SSSR count). The van der Waals surface area contributed by atoms with Crippen LogP contribution < -0.4 is 10.6 Å². The number of hydrogen-bond acceptors (Lipinski definition) is 5. The predicted octanol–water partition coefficient (Wildman–Crippen LogP) is 3.16. The molecule has 0 radical (unpaired) electrons. The summed E-state index contributed by atoms with van der Waals surface area (Å²) in [5, 5.41) is 9.52. The molecule has 1 saturated carbocycles. The van der Waals surface area contributed by atoms with Crippen molar-refractivity contribution in [2.24, 2.45) is 10.9 Å². The number of guanidine groups is 1. The van der Waals surface area contributed by atoms with E-state index >= 15 is 0 Å². The Labute approximate surface area is 192 Å². The second-order valence-electron chi connectivity index (χ2n) is 9.49. The van der Waals surface area contributed by atoms with E-state index < -0.39 is 0 Å². The van der Waals surface area contributed by atoms with Crippen LogP contribution in [0.1, 0.15) is 49.8 Å². The molecule has 0 atom stereocenters. The minimum atomic E-state index is 0.271. The van der Waals surface area contributed by atoms with Crippen LogP contribution in [0.25, 0.3) is 0 Å². The van der Waals surface area contributed by atoms with Gasteiger partial charge in [-0.25, -0.2) is 0 Å². The van der Waals surface area contributed by atoms with Gasteiger partial charge in [0.05, 0.1) is 13.2 Å². The Kier molecular flexibility index (Phi) is 8.64. The van der Waals surface area contributed by atoms with E-state index in [-0.39, 0.29) is 5.54 Å². The molecule has 31 heavy (non-hydrogen) atoms. The molecular formula is C24H41N5OS. The van der Waals surface area contributed by atoms with Crippen molar-refractivity contribution in [2.75, 3.05) is 59.5 Å². The summed E-state index contributed by atoms with van der Waals surface area (Å²) >= 11 is 1.87. The van der Waals surface area contributed by atoms with Crippen LogP contribution in [0.3, 0.4) is 0 Å². The van der Waals surface area contributed by atoms with Gasteiger partial charge in [-0.1, -0.05) is 25.3 Å². The summed E-state index contributed by atoms with van der Waals surface area (Å²) < 4.78 is 5.62. The van der Waals surface area contributed by atoms with Crippen molar-refractivity contribution in [3.8, 4) is 0 Å². The Hall–Kier alpha value is -1.15. The van der Waals surface area contributed by atoms with Gasteiger partial charge < -0.3 is 15.4 Å². The van der Waals surface area contributed by atoms with Crippen LogP contribution in [0.4, 0.5) is 0 Å². The SMILES string of the molecule is CN=C(NCC1CCN(Cc2cccs2)CC1)NCC1(N2CCOCC2)CCCCC1. The highest BCUT2D eigenvalue weighted by Gasteiger charge is 2.38. The van der Waals surface area contributed by atoms with Crippen molar-refractivity contribution in [3.63, 3.8) is 0 Å². The van der Waals surface area contributed by atoms with Gasteiger partial charge in [-0.15, -0.1) is 11.3 Å². The molecule has 3 heterocycles. The summed E-state index contributed by atoms with van der Waals surface area (Å²) in [5.74, 6) is 1.71. The minimum absolute atomic E-state index is 0.271. The van der Waals surface area contributed by atoms with Crippen molar-refractivity contribution in [3.05, 3.63) is 22.4 Å². The molecule has 2 N–H and O–H groups in total. The highest BCUT2D eigenvalue weighted by atomic mass is 32.1. The standard InChI is InChI=1S/C24H41N5OS/c1-25-23(26-18-21-7-11-28(12-8-21)19-22-6-5-17-31-22)27-20-24(9-3-2-4-10-24)29-13-15-30-16-14-29/h5-6,17,21H,2-4,7-16,18-20H2,1H3,(H2,25,26,27). The summed E-state index contributed by atoms with van der Waals surface area (Å²) in [6, 6.07) is 4.41. The maximum atomic E-state index is 5.62. The van der Waals surface area contributed by atoms with Crippen molar-refractivity contribution in [1.29, 1.82) is 0 Å². The lowest BCUT2D eigenvalue weighted by atomic mass is 9.80. The first kappa shape index (κ1) is 23.0. The lowest BCUT2D eigenvalue weighted by Gasteiger charge is -2.48. The Bertz CT molecular complexity index is 660. The van der Waals surface area contributed by atoms with Gasteiger partial charge >= 0.3 is 0 Å². The first-order valence-electron chi connectivity index (χ1n) is 12.3. The van der Waals surface area contributed by atoms with E-state index in [4.69, 9.17) is 4.74 Å². The second kappa shape index (κ2) is 11.6. The molecule has 0 aromatic carbocycles. The van der Waals surface area contributed by atoms with E-state index in [9.17, 15) is 0 Å². The van der Waals surface area contributed by atoms with E-state index in [0.717, 1.165) is 57.8 Å². The topological polar surface area (TPSA) is 52.1 Å². The molecule has 0 unspecified atom stereocenters. The smallest absolute Gasteiger partial charge is 0.191 e. The molecule has 1 aromatic heterocycles. The van der Waals surface area contributed by atoms with Crippen LogP contribution >= 0.6 is 11.3 Å². The number of ether oxygens (including phenoxy) is 1. The lowest BCUT2D eigenvalue weighted by molar-refractivity contribution is -0.0352. The van der Waals surface area contributed by atoms with Crippen LogP contribution in [0, 0.1) is 5.92 Å². The van der Waals surface area contributed by atoms with Crippen LogP contribution in [0.2, 0.25) is 0 Å². The summed E-state index contributed by atoms with van der Waals surface area (Å²) in [6.45, 7) is 9.43. The van der Waals surface area contributed by atoms with Gasteiger partial charge in [0.2, 0.25) is 0 Å². The number of thiophene rings is 1. The number of piperidine rings is 1. The number of nitrogens with one attached hydrogen (secondary N) is 2. The van der Waals surface area contributed by atoms with Crippen molar-refractivity contribution < 1.29 is 4.74 Å². The van der Waals surface area contributed by atoms with Gasteiger partial charge in [-0.3, -0.25) is 14.8 Å². The Morgan fingerprint density at radius 3 is 2.58 bits per heavy atom. The van der Waals surface area contributed by atoms with Gasteiger partial charge in [-0.05, 0) is 56.1 Å². The number of morpholine rings is 1. The molecule has 7 heteroatoms. The molecule has 1 aliphatic carbocycles. The van der Waals surface area contributed by atoms with Gasteiger partial charge in [0.15, 0.2) is 5.96 Å². The minimum Gasteiger partial charge on any atom is -0.379 e. The third-order valence-corrected chi connectivity index (χ3v) is 8.36. The Balaban J connectivity index is 1.21. The first-order valence-corrected chi connectivity index (χ1v) is 13.2. The van der Waals surface area contributed by atoms with Crippen molar-refractivity contribution in [1.82, 2.24) is 20.4 Å². The molecule has 3 fully saturated rings. The fourth-order valence-corrected chi connectivity index (χ4v) is 6.28. The Morgan fingerprint density at radius 1 is 1.13 bits per heavy atom. The summed E-state index contributed by atoms with van der Waals surface area (Å²) in [4.78, 5) is 11.3. The number of aliphatic imine (C=N–C) groups is 1. The van der Waals surface area contributed by atoms with Gasteiger partial charge in [0, 0.05) is 50.2 Å². The zero-order valence-corrected chi connectivity index (χ0v) is 20.1. The zero-order valence-electron chi connectivity index (χ0n) is 19.3. The van der Waals surface area contributed by atoms with E-state index in [1.54, 1.807) is 0 Å². The van der Waals surface area contributed by atoms with Gasteiger partial charge in [0.1, 0.15) is 0 Å². The predicted molar refractivity (Wildman–Crippen MR) is 130 cm³/mol. The average Bonchev–Trinajstić information content (AvgIpc) is 3.34. The molecule has 174 valence electrons. The maximum Gasteiger partial charge on any atom is 0.191 e. The van der Waals surface area contributed by atoms with Gasteiger partial charge in [-0.2, -0.15) is 0 Å². The summed E-state index contributed by atoms with van der Waals surface area (Å²) in [6.07, 6.45) is 9.19. The molecule has 2 saturated heterocycles. The molecule has 3 aliphatic rings. The van der Waals surface area contributed by atoms with Crippen molar-refractivity contribution >= 4 is 17.3 Å². The molecule has 0 bridgehead atoms. The molecule has 6 nitrogen and oxygen atoms in total. The molecular weight excluding hydrogens is 406 g/mol. The quantitative estimate of drug-likeness (QED) is 0.497. The molecule has 0 spiro atoms. The average molecular weight is 448 g/mol. The number of hydrogen-bond donors (Lipinski definition) is 2. The van der Waals surface area contributed by atoms with E-state index in [2.05, 4.69) is 42.9 Å². The zero-order chi connectivity index (χ0) is 21.4. The van der Waals surface area contributed by atoms with Crippen molar-refractivity contribution in [2.45, 2.75) is 57.0 Å². The third kappa shape index (κ3) is 6.44. The summed E-state index contributed by atoms with van der Waals surface area (Å²) in [5.41, 5.74) is 0.271. The monoisotopic (exact) mass is 447 g/mol.